The van der Waals surface area contributed by atoms with Crippen LogP contribution < -0.4 is 15.5 Å². The lowest BCUT2D eigenvalue weighted by atomic mass is 10.0. The van der Waals surface area contributed by atoms with Gasteiger partial charge in [-0.15, -0.1) is 0 Å². The lowest BCUT2D eigenvalue weighted by Crippen LogP contribution is -2.47. The van der Waals surface area contributed by atoms with Gasteiger partial charge >= 0.3 is 0 Å². The zero-order valence-corrected chi connectivity index (χ0v) is 23.2. The Morgan fingerprint density at radius 3 is 2.39 bits per heavy atom. The topological polar surface area (TPSA) is 117 Å². The third-order valence-electron chi connectivity index (χ3n) is 8.23. The highest BCUT2D eigenvalue weighted by atomic mass is 16.5. The van der Waals surface area contributed by atoms with Crippen molar-refractivity contribution in [2.45, 2.75) is 6.42 Å². The number of amides is 1. The van der Waals surface area contributed by atoms with Gasteiger partial charge in [-0.1, -0.05) is 12.1 Å². The molecular weight excluding hydrogens is 518 g/mol. The molecular formula is C30H33N9O2. The van der Waals surface area contributed by atoms with Gasteiger partial charge in [-0.3, -0.25) is 4.79 Å². The van der Waals surface area contributed by atoms with Crippen LogP contribution in [0.4, 0.5) is 23.4 Å². The van der Waals surface area contributed by atoms with Crippen LogP contribution in [0.3, 0.4) is 0 Å². The quantitative estimate of drug-likeness (QED) is 0.406. The Hall–Kier alpha value is -4.35. The number of rotatable bonds is 4. The van der Waals surface area contributed by atoms with Crippen LogP contribution in [0.1, 0.15) is 15.9 Å². The number of aromatic nitrogens is 4. The van der Waals surface area contributed by atoms with Gasteiger partial charge in [0, 0.05) is 80.6 Å². The summed E-state index contributed by atoms with van der Waals surface area (Å²) in [6, 6.07) is 12.4. The number of anilines is 4. The molecule has 3 aliphatic rings. The number of carbonyl (C=O) groups excluding carboxylic acids is 1. The number of hydrogen-bond acceptors (Lipinski definition) is 10. The fourth-order valence-corrected chi connectivity index (χ4v) is 5.82. The molecule has 41 heavy (non-hydrogen) atoms. The molecule has 11 nitrogen and oxygen atoms in total. The summed E-state index contributed by atoms with van der Waals surface area (Å²) in [6.07, 6.45) is 4.26. The average Bonchev–Trinajstić information content (AvgIpc) is 3.45. The minimum atomic E-state index is 0.101. The van der Waals surface area contributed by atoms with Crippen molar-refractivity contribution in [2.75, 3.05) is 81.6 Å². The molecule has 0 spiro atoms. The summed E-state index contributed by atoms with van der Waals surface area (Å²) >= 11 is 0. The van der Waals surface area contributed by atoms with E-state index >= 15 is 0 Å². The normalized spacial score (nSPS) is 17.7. The second kappa shape index (κ2) is 10.6. The summed E-state index contributed by atoms with van der Waals surface area (Å²) in [4.78, 5) is 40.3. The third kappa shape index (κ3) is 4.91. The van der Waals surface area contributed by atoms with E-state index in [9.17, 15) is 4.79 Å². The van der Waals surface area contributed by atoms with Gasteiger partial charge < -0.3 is 30.1 Å². The van der Waals surface area contributed by atoms with Crippen molar-refractivity contribution in [2.24, 2.45) is 0 Å². The van der Waals surface area contributed by atoms with E-state index in [1.54, 1.807) is 12.4 Å². The third-order valence-corrected chi connectivity index (χ3v) is 8.23. The van der Waals surface area contributed by atoms with Gasteiger partial charge in [-0.2, -0.15) is 4.98 Å². The molecule has 210 valence electrons. The lowest BCUT2D eigenvalue weighted by Gasteiger charge is -2.32. The molecule has 3 aliphatic heterocycles. The number of hydrogen-bond donors (Lipinski definition) is 1. The van der Waals surface area contributed by atoms with Crippen molar-refractivity contribution >= 4 is 40.1 Å². The van der Waals surface area contributed by atoms with Crippen molar-refractivity contribution < 1.29 is 9.53 Å². The Morgan fingerprint density at radius 1 is 0.878 bits per heavy atom. The highest BCUT2D eigenvalue weighted by molar-refractivity contribution is 5.99. The zero-order chi connectivity index (χ0) is 27.9. The second-order valence-corrected chi connectivity index (χ2v) is 10.8. The molecule has 0 saturated carbocycles. The number of morpholine rings is 1. The van der Waals surface area contributed by atoms with Crippen LogP contribution in [-0.4, -0.2) is 102 Å². The minimum Gasteiger partial charge on any atom is -0.378 e. The SMILES string of the molecule is CN1CCN(C(=O)c2ccc3cc(N4CCc5c(-c6cnc(N)nc6)nc(N6CCOCC6)nc54)ccc3c2)CC1. The summed E-state index contributed by atoms with van der Waals surface area (Å²) in [7, 11) is 2.09. The molecule has 0 atom stereocenters. The molecule has 2 N–H and O–H groups in total. The van der Waals surface area contributed by atoms with E-state index in [1.807, 2.05) is 17.0 Å². The highest BCUT2D eigenvalue weighted by Gasteiger charge is 2.29. The predicted octanol–water partition coefficient (Wildman–Crippen LogP) is 2.59. The molecule has 2 aromatic heterocycles. The summed E-state index contributed by atoms with van der Waals surface area (Å²) in [5.74, 6) is 1.91. The Bertz CT molecular complexity index is 1600. The van der Waals surface area contributed by atoms with Crippen LogP contribution in [0.2, 0.25) is 0 Å². The smallest absolute Gasteiger partial charge is 0.253 e. The average molecular weight is 552 g/mol. The maximum absolute atomic E-state index is 13.2. The van der Waals surface area contributed by atoms with E-state index in [-0.39, 0.29) is 11.9 Å². The van der Waals surface area contributed by atoms with E-state index in [4.69, 9.17) is 20.4 Å². The monoisotopic (exact) mass is 551 g/mol. The van der Waals surface area contributed by atoms with Crippen LogP contribution in [-0.2, 0) is 11.2 Å². The molecule has 0 bridgehead atoms. The first-order valence-electron chi connectivity index (χ1n) is 14.1. The molecule has 2 aromatic carbocycles. The molecule has 0 unspecified atom stereocenters. The van der Waals surface area contributed by atoms with Crippen LogP contribution in [0.25, 0.3) is 22.0 Å². The maximum atomic E-state index is 13.2. The number of ether oxygens (including phenoxy) is 1. The fraction of sp³-hybridized carbons (Fsp3) is 0.367. The van der Waals surface area contributed by atoms with Gasteiger partial charge in [0.05, 0.1) is 18.9 Å². The Kier molecular flexibility index (Phi) is 6.60. The van der Waals surface area contributed by atoms with Gasteiger partial charge in [0.2, 0.25) is 11.9 Å². The van der Waals surface area contributed by atoms with Crippen LogP contribution in [0.5, 0.6) is 0 Å². The van der Waals surface area contributed by atoms with Crippen molar-refractivity contribution in [3.05, 3.63) is 59.9 Å². The first-order chi connectivity index (χ1) is 20.0. The van der Waals surface area contributed by atoms with Crippen molar-refractivity contribution in [1.29, 1.82) is 0 Å². The molecule has 11 heteroatoms. The molecule has 5 heterocycles. The Morgan fingerprint density at radius 2 is 1.61 bits per heavy atom. The standard InChI is InChI=1S/C30H33N9O2/c1-36-8-10-37(11-9-36)28(40)22-3-2-21-17-24(5-4-20(21)16-22)39-7-6-25-26(23-18-32-29(31)33-19-23)34-30(35-27(25)39)38-12-14-41-15-13-38/h2-5,16-19H,6-15H2,1H3,(H2,31,32,33). The Labute approximate surface area is 238 Å². The van der Waals surface area contributed by atoms with E-state index in [1.165, 1.54) is 0 Å². The van der Waals surface area contributed by atoms with Crippen LogP contribution >= 0.6 is 0 Å². The molecule has 7 rings (SSSR count). The first kappa shape index (κ1) is 25.6. The number of carbonyl (C=O) groups is 1. The molecule has 0 radical (unpaired) electrons. The highest BCUT2D eigenvalue weighted by Crippen LogP contribution is 2.40. The minimum absolute atomic E-state index is 0.101. The van der Waals surface area contributed by atoms with Gasteiger partial charge in [-0.05, 0) is 48.5 Å². The van der Waals surface area contributed by atoms with Crippen LogP contribution in [0.15, 0.2) is 48.8 Å². The van der Waals surface area contributed by atoms with Gasteiger partial charge in [0.25, 0.3) is 5.91 Å². The van der Waals surface area contributed by atoms with E-state index in [2.05, 4.69) is 56.0 Å². The summed E-state index contributed by atoms with van der Waals surface area (Å²) in [5.41, 5.74) is 10.3. The van der Waals surface area contributed by atoms with E-state index < -0.39 is 0 Å². The number of benzene rings is 2. The van der Waals surface area contributed by atoms with E-state index in [0.29, 0.717) is 19.2 Å². The largest absolute Gasteiger partial charge is 0.378 e. The predicted molar refractivity (Wildman–Crippen MR) is 159 cm³/mol. The maximum Gasteiger partial charge on any atom is 0.253 e. The number of piperazine rings is 1. The summed E-state index contributed by atoms with van der Waals surface area (Å²) in [6.45, 7) is 6.89. The molecule has 2 fully saturated rings. The lowest BCUT2D eigenvalue weighted by molar-refractivity contribution is 0.0664. The molecule has 2 saturated heterocycles. The van der Waals surface area contributed by atoms with Gasteiger partial charge in [0.15, 0.2) is 0 Å². The van der Waals surface area contributed by atoms with E-state index in [0.717, 1.165) is 96.9 Å². The number of likely N-dealkylation sites (N-methyl/N-ethyl adjacent to an activating group) is 1. The number of nitrogens with two attached hydrogens (primary N) is 1. The second-order valence-electron chi connectivity index (χ2n) is 10.8. The van der Waals surface area contributed by atoms with Crippen molar-refractivity contribution in [3.63, 3.8) is 0 Å². The number of nitrogen functional groups attached to an aromatic ring is 1. The van der Waals surface area contributed by atoms with Gasteiger partial charge in [-0.25, -0.2) is 15.0 Å². The number of nitrogens with zero attached hydrogens (tertiary/aromatic N) is 8. The van der Waals surface area contributed by atoms with Crippen LogP contribution in [0, 0.1) is 0 Å². The molecule has 4 aromatic rings. The first-order valence-corrected chi connectivity index (χ1v) is 14.1. The van der Waals surface area contributed by atoms with Crippen molar-refractivity contribution in [3.8, 4) is 11.3 Å². The Balaban J connectivity index is 1.23. The molecule has 1 amide bonds. The van der Waals surface area contributed by atoms with Crippen molar-refractivity contribution in [1.82, 2.24) is 29.7 Å². The summed E-state index contributed by atoms with van der Waals surface area (Å²) in [5, 5.41) is 2.13. The fourth-order valence-electron chi connectivity index (χ4n) is 5.82. The molecule has 0 aliphatic carbocycles. The summed E-state index contributed by atoms with van der Waals surface area (Å²) < 4.78 is 5.57. The number of fused-ring (bicyclic) bond motifs is 2. The van der Waals surface area contributed by atoms with Gasteiger partial charge in [0.1, 0.15) is 5.82 Å². The zero-order valence-electron chi connectivity index (χ0n) is 23.2.